The molecule has 0 fully saturated rings. The zero-order valence-corrected chi connectivity index (χ0v) is 12.8. The third kappa shape index (κ3) is 3.16. The number of benzene rings is 1. The second-order valence-electron chi connectivity index (χ2n) is 4.42. The average Bonchev–Trinajstić information content (AvgIpc) is 2.81. The molecule has 1 aromatic heterocycles. The van der Waals surface area contributed by atoms with Crippen LogP contribution in [0.2, 0.25) is 5.02 Å². The molecule has 6 heteroatoms. The van der Waals surface area contributed by atoms with Crippen molar-refractivity contribution >= 4 is 39.3 Å². The summed E-state index contributed by atoms with van der Waals surface area (Å²) < 4.78 is 0.687. The fourth-order valence-corrected chi connectivity index (χ4v) is 2.14. The van der Waals surface area contributed by atoms with E-state index >= 15 is 0 Å². The number of anilines is 1. The Balaban J connectivity index is 2.18. The molecule has 0 atom stereocenters. The van der Waals surface area contributed by atoms with Crippen molar-refractivity contribution in [3.05, 3.63) is 45.0 Å². The minimum atomic E-state index is -0.284. The van der Waals surface area contributed by atoms with Crippen LogP contribution >= 0.6 is 27.5 Å². The molecular formula is C13H13BrClN3O. The van der Waals surface area contributed by atoms with Crippen molar-refractivity contribution in [2.24, 2.45) is 0 Å². The summed E-state index contributed by atoms with van der Waals surface area (Å²) in [4.78, 5) is 12.1. The molecule has 0 aliphatic heterocycles. The number of hydrogen-bond acceptors (Lipinski definition) is 2. The number of aromatic amines is 1. The van der Waals surface area contributed by atoms with Crippen molar-refractivity contribution < 1.29 is 4.79 Å². The predicted molar refractivity (Wildman–Crippen MR) is 79.8 cm³/mol. The second kappa shape index (κ2) is 5.75. The molecule has 0 aliphatic rings. The van der Waals surface area contributed by atoms with Gasteiger partial charge in [0.2, 0.25) is 0 Å². The summed E-state index contributed by atoms with van der Waals surface area (Å²) >= 11 is 9.36. The Hall–Kier alpha value is -1.33. The molecule has 100 valence electrons. The Morgan fingerprint density at radius 2 is 2.21 bits per heavy atom. The highest BCUT2D eigenvalue weighted by atomic mass is 79.9. The van der Waals surface area contributed by atoms with Crippen LogP contribution in [-0.2, 0) is 0 Å². The third-order valence-electron chi connectivity index (χ3n) is 2.66. The molecule has 1 aromatic carbocycles. The van der Waals surface area contributed by atoms with E-state index in [0.717, 1.165) is 5.69 Å². The number of halogens is 2. The first kappa shape index (κ1) is 14.1. The molecule has 0 aliphatic carbocycles. The van der Waals surface area contributed by atoms with E-state index in [4.69, 9.17) is 11.6 Å². The molecular weight excluding hydrogens is 330 g/mol. The fraction of sp³-hybridized carbons (Fsp3) is 0.231. The minimum absolute atomic E-state index is 0.284. The fourth-order valence-electron chi connectivity index (χ4n) is 1.56. The van der Waals surface area contributed by atoms with Gasteiger partial charge in [-0.05, 0) is 34.0 Å². The topological polar surface area (TPSA) is 57.8 Å². The molecule has 1 amide bonds. The van der Waals surface area contributed by atoms with E-state index < -0.39 is 0 Å². The summed E-state index contributed by atoms with van der Waals surface area (Å²) in [5.41, 5.74) is 1.38. The van der Waals surface area contributed by atoms with E-state index in [1.54, 1.807) is 18.2 Å². The van der Waals surface area contributed by atoms with Crippen LogP contribution in [0.3, 0.4) is 0 Å². The van der Waals surface area contributed by atoms with E-state index in [2.05, 4.69) is 31.4 Å². The zero-order valence-electron chi connectivity index (χ0n) is 10.5. The summed E-state index contributed by atoms with van der Waals surface area (Å²) in [6.07, 6.45) is 0. The molecule has 0 saturated carbocycles. The van der Waals surface area contributed by atoms with Gasteiger partial charge in [-0.2, -0.15) is 5.10 Å². The molecule has 0 saturated heterocycles. The smallest absolute Gasteiger partial charge is 0.258 e. The van der Waals surface area contributed by atoms with Gasteiger partial charge in [-0.3, -0.25) is 9.89 Å². The number of H-pyrrole nitrogens is 1. The summed E-state index contributed by atoms with van der Waals surface area (Å²) in [5, 5.41) is 10.0. The zero-order chi connectivity index (χ0) is 14.0. The first-order valence-electron chi connectivity index (χ1n) is 5.79. The number of aromatic nitrogens is 2. The van der Waals surface area contributed by atoms with Crippen LogP contribution in [0.4, 0.5) is 5.82 Å². The van der Waals surface area contributed by atoms with Gasteiger partial charge in [0.15, 0.2) is 5.82 Å². The van der Waals surface area contributed by atoms with Crippen molar-refractivity contribution in [1.29, 1.82) is 0 Å². The lowest BCUT2D eigenvalue weighted by Crippen LogP contribution is -2.12. The SMILES string of the molecule is CC(C)c1cc(NC(=O)c2cccc(Br)c2Cl)n[nH]1. The molecule has 4 nitrogen and oxygen atoms in total. The van der Waals surface area contributed by atoms with Crippen LogP contribution in [0.5, 0.6) is 0 Å². The number of carbonyl (C=O) groups excluding carboxylic acids is 1. The Labute approximate surface area is 124 Å². The number of carbonyl (C=O) groups is 1. The molecule has 0 bridgehead atoms. The van der Waals surface area contributed by atoms with Gasteiger partial charge in [0.1, 0.15) is 0 Å². The quantitative estimate of drug-likeness (QED) is 0.878. The molecule has 19 heavy (non-hydrogen) atoms. The van der Waals surface area contributed by atoms with Crippen LogP contribution in [0.1, 0.15) is 35.8 Å². The number of amides is 1. The van der Waals surface area contributed by atoms with Crippen molar-refractivity contribution in [3.63, 3.8) is 0 Å². The van der Waals surface area contributed by atoms with Crippen LogP contribution in [0, 0.1) is 0 Å². The van der Waals surface area contributed by atoms with E-state index in [0.29, 0.717) is 26.8 Å². The number of hydrogen-bond donors (Lipinski definition) is 2. The largest absolute Gasteiger partial charge is 0.305 e. The lowest BCUT2D eigenvalue weighted by Gasteiger charge is -2.05. The maximum atomic E-state index is 12.1. The van der Waals surface area contributed by atoms with Gasteiger partial charge in [0.05, 0.1) is 10.6 Å². The Kier molecular flexibility index (Phi) is 4.27. The van der Waals surface area contributed by atoms with E-state index in [1.165, 1.54) is 0 Å². The van der Waals surface area contributed by atoms with Crippen LogP contribution < -0.4 is 5.32 Å². The number of rotatable bonds is 3. The lowest BCUT2D eigenvalue weighted by atomic mass is 10.1. The molecule has 2 N–H and O–H groups in total. The third-order valence-corrected chi connectivity index (χ3v) is 3.95. The van der Waals surface area contributed by atoms with Crippen LogP contribution in [0.25, 0.3) is 0 Å². The molecule has 0 spiro atoms. The predicted octanol–water partition coefficient (Wildman–Crippen LogP) is 4.20. The summed E-state index contributed by atoms with van der Waals surface area (Å²) in [6, 6.07) is 7.02. The first-order chi connectivity index (χ1) is 8.99. The Morgan fingerprint density at radius 3 is 2.84 bits per heavy atom. The highest BCUT2D eigenvalue weighted by molar-refractivity contribution is 9.10. The maximum Gasteiger partial charge on any atom is 0.258 e. The second-order valence-corrected chi connectivity index (χ2v) is 5.65. The lowest BCUT2D eigenvalue weighted by molar-refractivity contribution is 0.102. The first-order valence-corrected chi connectivity index (χ1v) is 6.97. The highest BCUT2D eigenvalue weighted by Crippen LogP contribution is 2.26. The summed E-state index contributed by atoms with van der Waals surface area (Å²) in [7, 11) is 0. The normalized spacial score (nSPS) is 10.8. The highest BCUT2D eigenvalue weighted by Gasteiger charge is 2.14. The van der Waals surface area contributed by atoms with Crippen molar-refractivity contribution in [2.45, 2.75) is 19.8 Å². The van der Waals surface area contributed by atoms with Crippen molar-refractivity contribution in [3.8, 4) is 0 Å². The molecule has 1 heterocycles. The Bertz CT molecular complexity index is 610. The number of nitrogens with one attached hydrogen (secondary N) is 2. The van der Waals surface area contributed by atoms with E-state index in [1.807, 2.05) is 19.9 Å². The van der Waals surface area contributed by atoms with Crippen LogP contribution in [0.15, 0.2) is 28.7 Å². The van der Waals surface area contributed by atoms with E-state index in [-0.39, 0.29) is 5.91 Å². The van der Waals surface area contributed by atoms with Gasteiger partial charge in [0, 0.05) is 16.2 Å². The average molecular weight is 343 g/mol. The van der Waals surface area contributed by atoms with E-state index in [9.17, 15) is 4.79 Å². The van der Waals surface area contributed by atoms with Gasteiger partial charge >= 0.3 is 0 Å². The maximum absolute atomic E-state index is 12.1. The van der Waals surface area contributed by atoms with Crippen molar-refractivity contribution in [2.75, 3.05) is 5.32 Å². The van der Waals surface area contributed by atoms with Gasteiger partial charge in [0.25, 0.3) is 5.91 Å². The Morgan fingerprint density at radius 1 is 1.47 bits per heavy atom. The van der Waals surface area contributed by atoms with Crippen LogP contribution in [-0.4, -0.2) is 16.1 Å². The van der Waals surface area contributed by atoms with Gasteiger partial charge in [-0.15, -0.1) is 0 Å². The van der Waals surface area contributed by atoms with Gasteiger partial charge in [-0.1, -0.05) is 31.5 Å². The van der Waals surface area contributed by atoms with Gasteiger partial charge < -0.3 is 5.32 Å². The standard InChI is InChI=1S/C13H13BrClN3O/c1-7(2)10-6-11(18-17-10)16-13(19)8-4-3-5-9(14)12(8)15/h3-7H,1-2H3,(H2,16,17,18,19). The monoisotopic (exact) mass is 341 g/mol. The molecule has 0 radical (unpaired) electrons. The summed E-state index contributed by atoms with van der Waals surface area (Å²) in [5.74, 6) is 0.533. The van der Waals surface area contributed by atoms with Gasteiger partial charge in [-0.25, -0.2) is 0 Å². The molecule has 2 rings (SSSR count). The number of nitrogens with zero attached hydrogens (tertiary/aromatic N) is 1. The summed E-state index contributed by atoms with van der Waals surface area (Å²) in [6.45, 7) is 4.09. The molecule has 0 unspecified atom stereocenters. The minimum Gasteiger partial charge on any atom is -0.305 e. The molecule has 2 aromatic rings. The van der Waals surface area contributed by atoms with Crippen molar-refractivity contribution in [1.82, 2.24) is 10.2 Å².